The van der Waals surface area contributed by atoms with Gasteiger partial charge in [0.05, 0.1) is 11.9 Å². The molecule has 19 heavy (non-hydrogen) atoms. The van der Waals surface area contributed by atoms with Gasteiger partial charge >= 0.3 is 0 Å². The smallest absolute Gasteiger partial charge is 0.254 e. The Labute approximate surface area is 115 Å². The molecule has 0 spiro atoms. The van der Waals surface area contributed by atoms with E-state index in [9.17, 15) is 4.79 Å². The molecule has 0 aliphatic heterocycles. The Morgan fingerprint density at radius 1 is 1.37 bits per heavy atom. The van der Waals surface area contributed by atoms with E-state index in [1.807, 2.05) is 6.92 Å². The van der Waals surface area contributed by atoms with Gasteiger partial charge in [-0.1, -0.05) is 17.7 Å². The maximum atomic E-state index is 11.3. The summed E-state index contributed by atoms with van der Waals surface area (Å²) in [5, 5.41) is 0.525. The quantitative estimate of drug-likeness (QED) is 0.902. The molecule has 0 bridgehead atoms. The lowest BCUT2D eigenvalue weighted by atomic mass is 10.2. The average Bonchev–Trinajstić information content (AvgIpc) is 2.35. The van der Waals surface area contributed by atoms with Crippen molar-refractivity contribution < 1.29 is 9.53 Å². The van der Waals surface area contributed by atoms with E-state index in [1.54, 1.807) is 18.2 Å². The number of carbonyl (C=O) groups excluding carboxylic acids is 1. The first-order valence-corrected chi connectivity index (χ1v) is 5.84. The molecule has 0 atom stereocenters. The zero-order valence-electron chi connectivity index (χ0n) is 10.2. The Morgan fingerprint density at radius 2 is 2.11 bits per heavy atom. The van der Waals surface area contributed by atoms with Crippen molar-refractivity contribution in [2.75, 3.05) is 5.73 Å². The summed E-state index contributed by atoms with van der Waals surface area (Å²) in [6, 6.07) is 6.61. The first kappa shape index (κ1) is 13.2. The van der Waals surface area contributed by atoms with Crippen molar-refractivity contribution in [3.05, 3.63) is 46.6 Å². The molecular weight excluding hydrogens is 266 g/mol. The summed E-state index contributed by atoms with van der Waals surface area (Å²) in [4.78, 5) is 15.3. The van der Waals surface area contributed by atoms with Crippen molar-refractivity contribution in [3.63, 3.8) is 0 Å². The van der Waals surface area contributed by atoms with Crippen LogP contribution in [-0.2, 0) is 0 Å². The molecule has 4 N–H and O–H groups in total. The number of hydrogen-bond acceptors (Lipinski definition) is 4. The van der Waals surface area contributed by atoms with Gasteiger partial charge in [0.25, 0.3) is 5.91 Å². The minimum absolute atomic E-state index is 0.104. The minimum atomic E-state index is -0.658. The Bertz CT molecular complexity index is 644. The van der Waals surface area contributed by atoms with Crippen molar-refractivity contribution in [2.24, 2.45) is 5.73 Å². The van der Waals surface area contributed by atoms with Crippen LogP contribution in [0, 0.1) is 6.92 Å². The van der Waals surface area contributed by atoms with Crippen LogP contribution in [-0.4, -0.2) is 10.9 Å². The molecule has 1 amide bonds. The van der Waals surface area contributed by atoms with Gasteiger partial charge in [0.1, 0.15) is 11.3 Å². The minimum Gasteiger partial charge on any atom is -0.438 e. The lowest BCUT2D eigenvalue weighted by Crippen LogP contribution is -2.13. The molecule has 2 aromatic rings. The molecule has 1 heterocycles. The molecule has 1 aromatic carbocycles. The first-order chi connectivity index (χ1) is 8.97. The monoisotopic (exact) mass is 277 g/mol. The number of pyridine rings is 1. The highest BCUT2D eigenvalue weighted by Crippen LogP contribution is 2.29. The number of hydrogen-bond donors (Lipinski definition) is 2. The van der Waals surface area contributed by atoms with Gasteiger partial charge in [-0.3, -0.25) is 4.79 Å². The van der Waals surface area contributed by atoms with E-state index in [4.69, 9.17) is 27.8 Å². The summed E-state index contributed by atoms with van der Waals surface area (Å²) in [6.07, 6.45) is 1.39. The fourth-order valence-corrected chi connectivity index (χ4v) is 1.68. The standard InChI is InChI=1S/C13H12ClN3O2/c1-7-2-3-8(14)4-11(7)19-13-10(12(16)18)5-9(15)6-17-13/h2-6H,15H2,1H3,(H2,16,18). The molecular formula is C13H12ClN3O2. The molecule has 0 fully saturated rings. The summed E-state index contributed by atoms with van der Waals surface area (Å²) in [5.41, 5.74) is 12.2. The Kier molecular flexibility index (Phi) is 3.57. The second-order valence-corrected chi connectivity index (χ2v) is 4.43. The molecule has 0 unspecified atom stereocenters. The van der Waals surface area contributed by atoms with E-state index >= 15 is 0 Å². The SMILES string of the molecule is Cc1ccc(Cl)cc1Oc1ncc(N)cc1C(N)=O. The third-order valence-electron chi connectivity index (χ3n) is 2.49. The summed E-state index contributed by atoms with van der Waals surface area (Å²) >= 11 is 5.90. The fourth-order valence-electron chi connectivity index (χ4n) is 1.51. The topological polar surface area (TPSA) is 91.2 Å². The van der Waals surface area contributed by atoms with E-state index in [2.05, 4.69) is 4.98 Å². The van der Waals surface area contributed by atoms with Crippen LogP contribution in [0.4, 0.5) is 5.69 Å². The number of rotatable bonds is 3. The summed E-state index contributed by atoms with van der Waals surface area (Å²) < 4.78 is 5.59. The molecule has 0 radical (unpaired) electrons. The highest BCUT2D eigenvalue weighted by Gasteiger charge is 2.13. The Morgan fingerprint density at radius 3 is 2.79 bits per heavy atom. The van der Waals surface area contributed by atoms with Crippen LogP contribution < -0.4 is 16.2 Å². The van der Waals surface area contributed by atoms with Crippen molar-refractivity contribution in [1.29, 1.82) is 0 Å². The van der Waals surface area contributed by atoms with E-state index in [0.717, 1.165) is 5.56 Å². The largest absolute Gasteiger partial charge is 0.438 e. The van der Waals surface area contributed by atoms with Gasteiger partial charge in [0, 0.05) is 5.02 Å². The van der Waals surface area contributed by atoms with Crippen molar-refractivity contribution in [3.8, 4) is 11.6 Å². The average molecular weight is 278 g/mol. The van der Waals surface area contributed by atoms with E-state index in [0.29, 0.717) is 16.5 Å². The van der Waals surface area contributed by atoms with Gasteiger partial charge in [-0.05, 0) is 30.7 Å². The van der Waals surface area contributed by atoms with E-state index < -0.39 is 5.91 Å². The van der Waals surface area contributed by atoms with Gasteiger partial charge in [0.15, 0.2) is 0 Å². The number of nitrogens with two attached hydrogens (primary N) is 2. The maximum absolute atomic E-state index is 11.3. The fraction of sp³-hybridized carbons (Fsp3) is 0.0769. The van der Waals surface area contributed by atoms with E-state index in [1.165, 1.54) is 12.3 Å². The zero-order valence-corrected chi connectivity index (χ0v) is 10.9. The van der Waals surface area contributed by atoms with Crippen molar-refractivity contribution in [1.82, 2.24) is 4.98 Å². The Balaban J connectivity index is 2.43. The van der Waals surface area contributed by atoms with Crippen LogP contribution in [0.5, 0.6) is 11.6 Å². The third-order valence-corrected chi connectivity index (χ3v) is 2.73. The van der Waals surface area contributed by atoms with E-state index in [-0.39, 0.29) is 11.4 Å². The second-order valence-electron chi connectivity index (χ2n) is 4.00. The Hall–Kier alpha value is -2.27. The molecule has 0 saturated heterocycles. The highest BCUT2D eigenvalue weighted by atomic mass is 35.5. The molecule has 1 aromatic heterocycles. The first-order valence-electron chi connectivity index (χ1n) is 5.46. The van der Waals surface area contributed by atoms with Gasteiger partial charge in [-0.25, -0.2) is 4.98 Å². The lowest BCUT2D eigenvalue weighted by Gasteiger charge is -2.11. The van der Waals surface area contributed by atoms with Crippen LogP contribution in [0.2, 0.25) is 5.02 Å². The number of anilines is 1. The number of nitrogens with zero attached hydrogens (tertiary/aromatic N) is 1. The number of aromatic nitrogens is 1. The summed E-state index contributed by atoms with van der Waals surface area (Å²) in [7, 11) is 0. The number of amides is 1. The number of halogens is 1. The van der Waals surface area contributed by atoms with Gasteiger partial charge in [-0.2, -0.15) is 0 Å². The highest BCUT2D eigenvalue weighted by molar-refractivity contribution is 6.30. The van der Waals surface area contributed by atoms with Crippen LogP contribution in [0.25, 0.3) is 0 Å². The second kappa shape index (κ2) is 5.16. The van der Waals surface area contributed by atoms with Gasteiger partial charge in [-0.15, -0.1) is 0 Å². The normalized spacial score (nSPS) is 10.2. The molecule has 98 valence electrons. The number of benzene rings is 1. The number of primary amides is 1. The van der Waals surface area contributed by atoms with Gasteiger partial charge in [0.2, 0.25) is 5.88 Å². The van der Waals surface area contributed by atoms with Crippen LogP contribution >= 0.6 is 11.6 Å². The number of nitrogen functional groups attached to an aromatic ring is 1. The number of aryl methyl sites for hydroxylation is 1. The summed E-state index contributed by atoms with van der Waals surface area (Å²) in [6.45, 7) is 1.85. The molecule has 5 nitrogen and oxygen atoms in total. The maximum Gasteiger partial charge on any atom is 0.254 e. The molecule has 0 aliphatic carbocycles. The zero-order chi connectivity index (χ0) is 14.0. The van der Waals surface area contributed by atoms with Crippen molar-refractivity contribution >= 4 is 23.2 Å². The molecule has 0 aliphatic rings. The predicted octanol–water partition coefficient (Wildman–Crippen LogP) is 2.52. The summed E-state index contributed by atoms with van der Waals surface area (Å²) in [5.74, 6) is -0.0474. The molecule has 6 heteroatoms. The van der Waals surface area contributed by atoms with Crippen molar-refractivity contribution in [2.45, 2.75) is 6.92 Å². The number of carbonyl (C=O) groups is 1. The van der Waals surface area contributed by atoms with Crippen LogP contribution in [0.3, 0.4) is 0 Å². The molecule has 0 saturated carbocycles. The van der Waals surface area contributed by atoms with Crippen LogP contribution in [0.1, 0.15) is 15.9 Å². The lowest BCUT2D eigenvalue weighted by molar-refractivity contribution is 0.0997. The predicted molar refractivity (Wildman–Crippen MR) is 73.4 cm³/mol. The van der Waals surface area contributed by atoms with Crippen LogP contribution in [0.15, 0.2) is 30.5 Å². The third kappa shape index (κ3) is 2.95. The van der Waals surface area contributed by atoms with Gasteiger partial charge < -0.3 is 16.2 Å². The number of ether oxygens (including phenoxy) is 1. The molecule has 2 rings (SSSR count).